The molecule has 0 radical (unpaired) electrons. The van der Waals surface area contributed by atoms with Gasteiger partial charge in [-0.25, -0.2) is 4.39 Å². The summed E-state index contributed by atoms with van der Waals surface area (Å²) in [6.45, 7) is 2.17. The molecule has 0 unspecified atom stereocenters. The average Bonchev–Trinajstić information content (AvgIpc) is 2.48. The van der Waals surface area contributed by atoms with Crippen molar-refractivity contribution >= 4 is 0 Å². The summed E-state index contributed by atoms with van der Waals surface area (Å²) in [5.74, 6) is -0.195. The summed E-state index contributed by atoms with van der Waals surface area (Å²) in [4.78, 5) is 2.22. The fourth-order valence-electron chi connectivity index (χ4n) is 2.51. The molecule has 2 aromatic carbocycles. The van der Waals surface area contributed by atoms with Gasteiger partial charge >= 0.3 is 0 Å². The van der Waals surface area contributed by atoms with Crippen molar-refractivity contribution in [3.8, 4) is 0 Å². The minimum Gasteiger partial charge on any atom is -0.326 e. The maximum absolute atomic E-state index is 13.3. The molecule has 0 atom stereocenters. The molecule has 3 heteroatoms. The average molecular weight is 286 g/mol. The Morgan fingerprint density at radius 1 is 1.05 bits per heavy atom. The van der Waals surface area contributed by atoms with Gasteiger partial charge < -0.3 is 10.6 Å². The zero-order valence-electron chi connectivity index (χ0n) is 12.6. The summed E-state index contributed by atoms with van der Waals surface area (Å²) in [7, 11) is 2.07. The minimum atomic E-state index is -0.195. The van der Waals surface area contributed by atoms with Crippen LogP contribution in [0, 0.1) is 5.82 Å². The van der Waals surface area contributed by atoms with Crippen LogP contribution < -0.4 is 5.73 Å². The molecule has 21 heavy (non-hydrogen) atoms. The number of halogens is 1. The van der Waals surface area contributed by atoms with E-state index in [4.69, 9.17) is 5.73 Å². The van der Waals surface area contributed by atoms with Gasteiger partial charge in [-0.05, 0) is 55.3 Å². The van der Waals surface area contributed by atoms with Crippen LogP contribution in [0.1, 0.15) is 23.1 Å². The Balaban J connectivity index is 1.84. The van der Waals surface area contributed by atoms with Crippen LogP contribution in [0.25, 0.3) is 0 Å². The van der Waals surface area contributed by atoms with Crippen LogP contribution in [0.4, 0.5) is 4.39 Å². The maximum atomic E-state index is 13.3. The van der Waals surface area contributed by atoms with E-state index >= 15 is 0 Å². The first-order valence-corrected chi connectivity index (χ1v) is 7.39. The predicted octanol–water partition coefficient (Wildman–Crippen LogP) is 3.35. The van der Waals surface area contributed by atoms with E-state index < -0.39 is 0 Å². The Labute approximate surface area is 126 Å². The molecule has 0 saturated carbocycles. The van der Waals surface area contributed by atoms with Gasteiger partial charge in [0.25, 0.3) is 0 Å². The second-order valence-corrected chi connectivity index (χ2v) is 5.44. The van der Waals surface area contributed by atoms with Crippen LogP contribution >= 0.6 is 0 Å². The van der Waals surface area contributed by atoms with Crippen molar-refractivity contribution in [1.29, 1.82) is 0 Å². The summed E-state index contributed by atoms with van der Waals surface area (Å²) in [5, 5.41) is 0. The van der Waals surface area contributed by atoms with E-state index in [1.807, 2.05) is 6.07 Å². The van der Waals surface area contributed by atoms with E-state index in [2.05, 4.69) is 36.2 Å². The molecular formula is C18H23FN2. The van der Waals surface area contributed by atoms with Crippen LogP contribution in [-0.2, 0) is 19.5 Å². The lowest BCUT2D eigenvalue weighted by molar-refractivity contribution is 0.320. The Morgan fingerprint density at radius 3 is 2.52 bits per heavy atom. The molecule has 0 bridgehead atoms. The fraction of sp³-hybridized carbons (Fsp3) is 0.333. The topological polar surface area (TPSA) is 29.3 Å². The molecule has 0 fully saturated rings. The third-order valence-corrected chi connectivity index (χ3v) is 3.68. The van der Waals surface area contributed by atoms with E-state index in [1.165, 1.54) is 11.6 Å². The fourth-order valence-corrected chi connectivity index (χ4v) is 2.51. The molecule has 0 amide bonds. The molecule has 2 N–H and O–H groups in total. The second kappa shape index (κ2) is 7.91. The van der Waals surface area contributed by atoms with Crippen molar-refractivity contribution in [3.05, 3.63) is 71.0 Å². The van der Waals surface area contributed by atoms with Crippen LogP contribution in [0.2, 0.25) is 0 Å². The summed E-state index contributed by atoms with van der Waals surface area (Å²) in [6.07, 6.45) is 2.16. The highest BCUT2D eigenvalue weighted by atomic mass is 19.1. The molecule has 2 aromatic rings. The van der Waals surface area contributed by atoms with Gasteiger partial charge in [-0.1, -0.05) is 36.4 Å². The van der Waals surface area contributed by atoms with Gasteiger partial charge in [0, 0.05) is 13.1 Å². The van der Waals surface area contributed by atoms with E-state index in [1.54, 1.807) is 12.1 Å². The monoisotopic (exact) mass is 286 g/mol. The van der Waals surface area contributed by atoms with E-state index in [-0.39, 0.29) is 5.82 Å². The highest BCUT2D eigenvalue weighted by Gasteiger charge is 2.06. The van der Waals surface area contributed by atoms with Crippen molar-refractivity contribution in [2.75, 3.05) is 13.6 Å². The second-order valence-electron chi connectivity index (χ2n) is 5.44. The number of hydrogen-bond donors (Lipinski definition) is 1. The lowest BCUT2D eigenvalue weighted by Crippen LogP contribution is -2.21. The van der Waals surface area contributed by atoms with Crippen molar-refractivity contribution in [3.63, 3.8) is 0 Å². The van der Waals surface area contributed by atoms with Gasteiger partial charge in [-0.15, -0.1) is 0 Å². The summed E-state index contributed by atoms with van der Waals surface area (Å²) < 4.78 is 13.3. The third kappa shape index (κ3) is 4.96. The highest BCUT2D eigenvalue weighted by molar-refractivity contribution is 5.27. The van der Waals surface area contributed by atoms with Crippen LogP contribution in [0.3, 0.4) is 0 Å². The van der Waals surface area contributed by atoms with Crippen molar-refractivity contribution in [2.45, 2.75) is 25.9 Å². The molecule has 2 nitrogen and oxygen atoms in total. The van der Waals surface area contributed by atoms with Gasteiger partial charge in [-0.3, -0.25) is 0 Å². The number of benzene rings is 2. The first-order valence-electron chi connectivity index (χ1n) is 7.39. The van der Waals surface area contributed by atoms with Gasteiger partial charge in [-0.2, -0.15) is 0 Å². The first-order chi connectivity index (χ1) is 10.2. The number of nitrogens with zero attached hydrogens (tertiary/aromatic N) is 1. The lowest BCUT2D eigenvalue weighted by Gasteiger charge is -2.18. The quantitative estimate of drug-likeness (QED) is 0.846. The molecule has 0 aliphatic heterocycles. The maximum Gasteiger partial charge on any atom is 0.123 e. The number of nitrogens with two attached hydrogens (primary N) is 1. The van der Waals surface area contributed by atoms with Crippen LogP contribution in [0.5, 0.6) is 0 Å². The molecule has 0 saturated heterocycles. The van der Waals surface area contributed by atoms with Crippen molar-refractivity contribution < 1.29 is 4.39 Å². The third-order valence-electron chi connectivity index (χ3n) is 3.68. The summed E-state index contributed by atoms with van der Waals surface area (Å²) in [5.41, 5.74) is 9.08. The zero-order chi connectivity index (χ0) is 15.1. The molecule has 2 rings (SSSR count). The van der Waals surface area contributed by atoms with Gasteiger partial charge in [0.2, 0.25) is 0 Å². The first kappa shape index (κ1) is 15.7. The molecule has 0 aromatic heterocycles. The van der Waals surface area contributed by atoms with Crippen LogP contribution in [0.15, 0.2) is 48.5 Å². The van der Waals surface area contributed by atoms with E-state index in [0.717, 1.165) is 37.1 Å². The zero-order valence-corrected chi connectivity index (χ0v) is 12.6. The van der Waals surface area contributed by atoms with E-state index in [9.17, 15) is 4.39 Å². The smallest absolute Gasteiger partial charge is 0.123 e. The Kier molecular flexibility index (Phi) is 5.90. The summed E-state index contributed by atoms with van der Waals surface area (Å²) >= 11 is 0. The molecule has 0 spiro atoms. The minimum absolute atomic E-state index is 0.195. The summed E-state index contributed by atoms with van der Waals surface area (Å²) in [6, 6.07) is 15.3. The van der Waals surface area contributed by atoms with Gasteiger partial charge in [0.15, 0.2) is 0 Å². The lowest BCUT2D eigenvalue weighted by atomic mass is 10.1. The standard InChI is InChI=1S/C18H23FN2/c1-21(11-5-8-15-6-3-2-4-7-15)14-17-12-18(19)10-9-16(17)13-20/h2-4,6-7,9-10,12H,5,8,11,13-14,20H2,1H3. The Bertz CT molecular complexity index is 554. The Morgan fingerprint density at radius 2 is 1.81 bits per heavy atom. The molecule has 112 valence electrons. The SMILES string of the molecule is CN(CCCc1ccccc1)Cc1cc(F)ccc1CN. The Hall–Kier alpha value is -1.71. The molecule has 0 aliphatic rings. The van der Waals surface area contributed by atoms with Gasteiger partial charge in [0.1, 0.15) is 5.82 Å². The van der Waals surface area contributed by atoms with Gasteiger partial charge in [0.05, 0.1) is 0 Å². The van der Waals surface area contributed by atoms with E-state index in [0.29, 0.717) is 6.54 Å². The number of aryl methyl sites for hydroxylation is 1. The largest absolute Gasteiger partial charge is 0.326 e. The number of rotatable bonds is 7. The highest BCUT2D eigenvalue weighted by Crippen LogP contribution is 2.13. The predicted molar refractivity (Wildman–Crippen MR) is 85.4 cm³/mol. The number of hydrogen-bond acceptors (Lipinski definition) is 2. The molecular weight excluding hydrogens is 263 g/mol. The van der Waals surface area contributed by atoms with Crippen LogP contribution in [-0.4, -0.2) is 18.5 Å². The van der Waals surface area contributed by atoms with Crippen molar-refractivity contribution in [2.24, 2.45) is 5.73 Å². The molecule has 0 aliphatic carbocycles. The normalized spacial score (nSPS) is 11.0. The van der Waals surface area contributed by atoms with Crippen molar-refractivity contribution in [1.82, 2.24) is 4.90 Å². The molecule has 0 heterocycles.